The first-order valence-corrected chi connectivity index (χ1v) is 10.7. The molecule has 1 saturated carbocycles. The predicted octanol–water partition coefficient (Wildman–Crippen LogP) is 7.93. The largest absolute Gasteiger partial charge is 0.573 e. The molecule has 0 aliphatic heterocycles. The summed E-state index contributed by atoms with van der Waals surface area (Å²) in [6.45, 7) is 4.54. The van der Waals surface area contributed by atoms with Gasteiger partial charge < -0.3 is 4.74 Å². The van der Waals surface area contributed by atoms with Gasteiger partial charge in [-0.3, -0.25) is 0 Å². The molecule has 1 atom stereocenters. The molecule has 1 aliphatic carbocycles. The summed E-state index contributed by atoms with van der Waals surface area (Å²) in [5.41, 5.74) is 1.09. The van der Waals surface area contributed by atoms with Crippen molar-refractivity contribution in [2.24, 2.45) is 17.8 Å². The van der Waals surface area contributed by atoms with E-state index in [9.17, 15) is 13.2 Å². The Morgan fingerprint density at radius 2 is 1.59 bits per heavy atom. The molecule has 2 rings (SSSR count). The van der Waals surface area contributed by atoms with Crippen LogP contribution in [-0.4, -0.2) is 6.36 Å². The first-order chi connectivity index (χ1) is 12.9. The molecule has 27 heavy (non-hydrogen) atoms. The molecule has 1 fully saturated rings. The Kier molecular flexibility index (Phi) is 8.98. The quantitative estimate of drug-likeness (QED) is 0.372. The molecule has 0 spiro atoms. The average Bonchev–Trinajstić information content (AvgIpc) is 2.62. The van der Waals surface area contributed by atoms with Crippen LogP contribution in [0.25, 0.3) is 0 Å². The van der Waals surface area contributed by atoms with Crippen LogP contribution in [0.15, 0.2) is 24.3 Å². The summed E-state index contributed by atoms with van der Waals surface area (Å²) in [5, 5.41) is 0. The predicted molar refractivity (Wildman–Crippen MR) is 105 cm³/mol. The summed E-state index contributed by atoms with van der Waals surface area (Å²) in [4.78, 5) is 0. The van der Waals surface area contributed by atoms with E-state index in [2.05, 4.69) is 18.6 Å². The lowest BCUT2D eigenvalue weighted by molar-refractivity contribution is -0.274. The minimum absolute atomic E-state index is 0.140. The van der Waals surface area contributed by atoms with Gasteiger partial charge in [0, 0.05) is 0 Å². The molecule has 0 radical (unpaired) electrons. The van der Waals surface area contributed by atoms with Crippen LogP contribution in [0.3, 0.4) is 0 Å². The highest BCUT2D eigenvalue weighted by atomic mass is 19.4. The topological polar surface area (TPSA) is 9.23 Å². The Morgan fingerprint density at radius 1 is 0.963 bits per heavy atom. The molecule has 154 valence electrons. The number of hydrogen-bond donors (Lipinski definition) is 0. The Balaban J connectivity index is 1.69. The number of hydrogen-bond acceptors (Lipinski definition) is 1. The number of alkyl halides is 3. The molecule has 1 unspecified atom stereocenters. The van der Waals surface area contributed by atoms with Gasteiger partial charge in [0.2, 0.25) is 0 Å². The molecule has 0 saturated heterocycles. The second kappa shape index (κ2) is 11.0. The van der Waals surface area contributed by atoms with Crippen molar-refractivity contribution in [3.05, 3.63) is 29.8 Å². The van der Waals surface area contributed by atoms with Crippen molar-refractivity contribution >= 4 is 0 Å². The van der Waals surface area contributed by atoms with E-state index in [0.717, 1.165) is 23.8 Å². The van der Waals surface area contributed by atoms with Gasteiger partial charge in [-0.15, -0.1) is 13.2 Å². The third-order valence-corrected chi connectivity index (χ3v) is 6.13. The Bertz CT molecular complexity index is 515. The molecule has 1 nitrogen and oxygen atoms in total. The maximum absolute atomic E-state index is 12.2. The fraction of sp³-hybridized carbons (Fsp3) is 0.739. The fourth-order valence-electron chi connectivity index (χ4n) is 4.45. The first-order valence-electron chi connectivity index (χ1n) is 10.7. The summed E-state index contributed by atoms with van der Waals surface area (Å²) in [6.07, 6.45) is 9.84. The maximum atomic E-state index is 12.2. The Labute approximate surface area is 162 Å². The second-order valence-electron chi connectivity index (χ2n) is 8.36. The zero-order chi connectivity index (χ0) is 19.7. The van der Waals surface area contributed by atoms with Crippen molar-refractivity contribution in [1.29, 1.82) is 0 Å². The van der Waals surface area contributed by atoms with Crippen LogP contribution in [0.5, 0.6) is 5.75 Å². The van der Waals surface area contributed by atoms with Gasteiger partial charge in [0.05, 0.1) is 0 Å². The normalized spacial score (nSPS) is 21.8. The molecule has 1 aromatic rings. The van der Waals surface area contributed by atoms with Crippen molar-refractivity contribution in [1.82, 2.24) is 0 Å². The third-order valence-electron chi connectivity index (χ3n) is 6.13. The number of ether oxygens (including phenoxy) is 1. The summed E-state index contributed by atoms with van der Waals surface area (Å²) >= 11 is 0. The molecular formula is C23H35F3O. The lowest BCUT2D eigenvalue weighted by Crippen LogP contribution is -2.21. The minimum atomic E-state index is -4.62. The van der Waals surface area contributed by atoms with Gasteiger partial charge in [0.1, 0.15) is 5.75 Å². The van der Waals surface area contributed by atoms with E-state index in [4.69, 9.17) is 0 Å². The van der Waals surface area contributed by atoms with Gasteiger partial charge >= 0.3 is 6.36 Å². The monoisotopic (exact) mass is 384 g/mol. The zero-order valence-corrected chi connectivity index (χ0v) is 16.9. The van der Waals surface area contributed by atoms with Crippen molar-refractivity contribution in [2.45, 2.75) is 90.8 Å². The van der Waals surface area contributed by atoms with Gasteiger partial charge in [-0.1, -0.05) is 77.3 Å². The highest BCUT2D eigenvalue weighted by Gasteiger charge is 2.31. The Hall–Kier alpha value is -1.19. The number of rotatable bonds is 10. The second-order valence-corrected chi connectivity index (χ2v) is 8.36. The smallest absolute Gasteiger partial charge is 0.406 e. The van der Waals surface area contributed by atoms with Crippen LogP contribution in [0.2, 0.25) is 0 Å². The molecule has 0 N–H and O–H groups in total. The van der Waals surface area contributed by atoms with Crippen LogP contribution in [0.1, 0.15) is 83.6 Å². The number of benzene rings is 1. The molecular weight excluding hydrogens is 349 g/mol. The third kappa shape index (κ3) is 8.57. The van der Waals surface area contributed by atoms with Gasteiger partial charge in [0.25, 0.3) is 0 Å². The molecule has 4 heteroatoms. The highest BCUT2D eigenvalue weighted by Crippen LogP contribution is 2.37. The van der Waals surface area contributed by atoms with Gasteiger partial charge in [-0.05, 0) is 54.7 Å². The maximum Gasteiger partial charge on any atom is 0.573 e. The lowest BCUT2D eigenvalue weighted by Gasteiger charge is -2.32. The van der Waals surface area contributed by atoms with Crippen LogP contribution < -0.4 is 4.74 Å². The lowest BCUT2D eigenvalue weighted by atomic mass is 9.73. The molecule has 1 aromatic carbocycles. The highest BCUT2D eigenvalue weighted by molar-refractivity contribution is 5.27. The first kappa shape index (κ1) is 22.1. The van der Waals surface area contributed by atoms with Gasteiger partial charge in [0.15, 0.2) is 0 Å². The number of halogens is 3. The summed E-state index contributed by atoms with van der Waals surface area (Å²) < 4.78 is 40.7. The van der Waals surface area contributed by atoms with E-state index in [1.807, 2.05) is 0 Å². The van der Waals surface area contributed by atoms with Crippen molar-refractivity contribution < 1.29 is 17.9 Å². The van der Waals surface area contributed by atoms with Crippen molar-refractivity contribution in [3.8, 4) is 5.75 Å². The summed E-state index contributed by atoms with van der Waals surface area (Å²) in [5.74, 6) is 2.09. The molecule has 1 aliphatic rings. The standard InChI is InChI=1S/C23H35F3O/c1-3-4-5-6-7-8-19-9-13-21(14-10-19)18(2)17-20-11-15-22(16-12-20)27-23(24,25)26/h11-12,15-16,18-19,21H,3-10,13-14,17H2,1-2H3. The van der Waals surface area contributed by atoms with Gasteiger partial charge in [-0.2, -0.15) is 0 Å². The van der Waals surface area contributed by atoms with Crippen LogP contribution in [0, 0.1) is 17.8 Å². The van der Waals surface area contributed by atoms with Crippen LogP contribution in [0.4, 0.5) is 13.2 Å². The van der Waals surface area contributed by atoms with E-state index in [1.165, 1.54) is 76.3 Å². The van der Waals surface area contributed by atoms with Crippen LogP contribution in [-0.2, 0) is 6.42 Å². The van der Waals surface area contributed by atoms with E-state index < -0.39 is 6.36 Å². The molecule has 0 amide bonds. The van der Waals surface area contributed by atoms with E-state index >= 15 is 0 Å². The minimum Gasteiger partial charge on any atom is -0.406 e. The fourth-order valence-corrected chi connectivity index (χ4v) is 4.45. The van der Waals surface area contributed by atoms with E-state index in [1.54, 1.807) is 12.1 Å². The van der Waals surface area contributed by atoms with E-state index in [0.29, 0.717) is 5.92 Å². The van der Waals surface area contributed by atoms with Crippen LogP contribution >= 0.6 is 0 Å². The van der Waals surface area contributed by atoms with Crippen molar-refractivity contribution in [2.75, 3.05) is 0 Å². The average molecular weight is 385 g/mol. The summed E-state index contributed by atoms with van der Waals surface area (Å²) in [7, 11) is 0. The zero-order valence-electron chi connectivity index (χ0n) is 16.9. The number of unbranched alkanes of at least 4 members (excludes halogenated alkanes) is 4. The van der Waals surface area contributed by atoms with E-state index in [-0.39, 0.29) is 5.75 Å². The SMILES string of the molecule is CCCCCCCC1CCC(C(C)Cc2ccc(OC(F)(F)F)cc2)CC1. The molecule has 0 aromatic heterocycles. The molecule has 0 heterocycles. The molecule has 0 bridgehead atoms. The Morgan fingerprint density at radius 3 is 2.19 bits per heavy atom. The van der Waals surface area contributed by atoms with Gasteiger partial charge in [-0.25, -0.2) is 0 Å². The van der Waals surface area contributed by atoms with Crippen molar-refractivity contribution in [3.63, 3.8) is 0 Å². The summed E-state index contributed by atoms with van der Waals surface area (Å²) in [6, 6.07) is 6.37.